The predicted octanol–water partition coefficient (Wildman–Crippen LogP) is 2.67. The molecule has 6 nitrogen and oxygen atoms in total. The highest BCUT2D eigenvalue weighted by molar-refractivity contribution is 5.93. The minimum Gasteiger partial charge on any atom is -0.465 e. The number of carbonyl (C=O) groups excluding carboxylic acids is 1. The van der Waals surface area contributed by atoms with E-state index in [0.717, 1.165) is 36.0 Å². The lowest BCUT2D eigenvalue weighted by atomic mass is 9.90. The van der Waals surface area contributed by atoms with E-state index in [2.05, 4.69) is 0 Å². The van der Waals surface area contributed by atoms with E-state index >= 15 is 0 Å². The third-order valence-electron chi connectivity index (χ3n) is 5.06. The van der Waals surface area contributed by atoms with Gasteiger partial charge in [-0.25, -0.2) is 9.59 Å². The lowest BCUT2D eigenvalue weighted by molar-refractivity contribution is 0.0596. The van der Waals surface area contributed by atoms with E-state index in [1.165, 1.54) is 17.7 Å². The molecule has 27 heavy (non-hydrogen) atoms. The molecule has 0 N–H and O–H groups in total. The summed E-state index contributed by atoms with van der Waals surface area (Å²) in [7, 11) is 1.22. The molecule has 0 radical (unpaired) electrons. The quantitative estimate of drug-likeness (QED) is 0.667. The first-order valence-corrected chi connectivity index (χ1v) is 8.95. The number of pyridine rings is 1. The van der Waals surface area contributed by atoms with E-state index in [0.29, 0.717) is 18.4 Å². The van der Waals surface area contributed by atoms with Crippen LogP contribution in [0, 0.1) is 0 Å². The van der Waals surface area contributed by atoms with E-state index in [1.54, 1.807) is 0 Å². The highest BCUT2D eigenvalue weighted by atomic mass is 16.5. The van der Waals surface area contributed by atoms with Gasteiger partial charge >= 0.3 is 11.6 Å². The molecule has 6 heteroatoms. The topological polar surface area (TPSA) is 78.5 Å². The van der Waals surface area contributed by atoms with Crippen molar-refractivity contribution in [1.29, 1.82) is 0 Å². The van der Waals surface area contributed by atoms with Crippen LogP contribution in [-0.2, 0) is 24.1 Å². The number of fused-ring (bicyclic) bond motifs is 3. The first kappa shape index (κ1) is 17.3. The van der Waals surface area contributed by atoms with Crippen molar-refractivity contribution in [2.24, 2.45) is 0 Å². The van der Waals surface area contributed by atoms with Crippen molar-refractivity contribution in [3.8, 4) is 0 Å². The molecule has 3 aromatic rings. The van der Waals surface area contributed by atoms with Crippen LogP contribution in [0.5, 0.6) is 0 Å². The highest BCUT2D eigenvalue weighted by Gasteiger charge is 2.24. The zero-order valence-electron chi connectivity index (χ0n) is 15.0. The summed E-state index contributed by atoms with van der Waals surface area (Å²) < 4.78 is 11.7. The summed E-state index contributed by atoms with van der Waals surface area (Å²) in [6, 6.07) is 11.0. The van der Waals surface area contributed by atoms with Gasteiger partial charge in [0.1, 0.15) is 5.56 Å². The van der Waals surface area contributed by atoms with Crippen molar-refractivity contribution in [2.75, 3.05) is 7.11 Å². The van der Waals surface area contributed by atoms with Crippen LogP contribution in [0.15, 0.2) is 50.4 Å². The fraction of sp³-hybridized carbons (Fsp3) is 0.286. The monoisotopic (exact) mass is 365 g/mol. The highest BCUT2D eigenvalue weighted by Crippen LogP contribution is 2.27. The lowest BCUT2D eigenvalue weighted by Gasteiger charge is -2.20. The Hall–Kier alpha value is -3.15. The fourth-order valence-corrected chi connectivity index (χ4v) is 3.73. The van der Waals surface area contributed by atoms with Gasteiger partial charge in [-0.1, -0.05) is 30.3 Å². The van der Waals surface area contributed by atoms with E-state index in [9.17, 15) is 14.4 Å². The van der Waals surface area contributed by atoms with Crippen LogP contribution in [0.1, 0.15) is 39.9 Å². The average Bonchev–Trinajstić information content (AvgIpc) is 2.71. The van der Waals surface area contributed by atoms with Crippen LogP contribution in [0.4, 0.5) is 0 Å². The number of hydrogen-bond donors (Lipinski definition) is 0. The molecule has 1 aliphatic carbocycles. The maximum atomic E-state index is 13.1. The van der Waals surface area contributed by atoms with E-state index in [1.807, 2.05) is 30.3 Å². The molecule has 4 rings (SSSR count). The molecule has 0 aliphatic heterocycles. The van der Waals surface area contributed by atoms with Gasteiger partial charge in [0.25, 0.3) is 5.56 Å². The number of methoxy groups -OCH3 is 1. The molecule has 1 aromatic carbocycles. The Morgan fingerprint density at radius 3 is 2.52 bits per heavy atom. The first-order valence-electron chi connectivity index (χ1n) is 8.95. The van der Waals surface area contributed by atoms with E-state index in [4.69, 9.17) is 9.15 Å². The van der Waals surface area contributed by atoms with Gasteiger partial charge in [-0.3, -0.25) is 9.36 Å². The minimum atomic E-state index is -0.800. The number of rotatable bonds is 3. The van der Waals surface area contributed by atoms with Crippen molar-refractivity contribution >= 4 is 17.1 Å². The van der Waals surface area contributed by atoms with E-state index in [-0.39, 0.29) is 16.8 Å². The van der Waals surface area contributed by atoms with Gasteiger partial charge in [0.05, 0.1) is 13.7 Å². The number of esters is 1. The van der Waals surface area contributed by atoms with Crippen molar-refractivity contribution in [2.45, 2.75) is 32.2 Å². The van der Waals surface area contributed by atoms with Gasteiger partial charge < -0.3 is 9.15 Å². The molecule has 1 aliphatic rings. The number of nitrogens with zero attached hydrogens (tertiary/aromatic N) is 1. The molecule has 0 saturated carbocycles. The predicted molar refractivity (Wildman–Crippen MR) is 100 cm³/mol. The molecule has 0 saturated heterocycles. The van der Waals surface area contributed by atoms with Gasteiger partial charge in [-0.2, -0.15) is 0 Å². The molecule has 0 amide bonds. The zero-order chi connectivity index (χ0) is 19.0. The van der Waals surface area contributed by atoms with Crippen molar-refractivity contribution in [3.05, 3.63) is 79.4 Å². The second kappa shape index (κ2) is 6.87. The van der Waals surface area contributed by atoms with E-state index < -0.39 is 11.6 Å². The second-order valence-electron chi connectivity index (χ2n) is 6.70. The molecule has 0 spiro atoms. The molecular formula is C21H19NO5. The van der Waals surface area contributed by atoms with Gasteiger partial charge in [0.2, 0.25) is 5.71 Å². The molecule has 0 fully saturated rings. The molecule has 0 bridgehead atoms. The van der Waals surface area contributed by atoms with Crippen LogP contribution in [0.2, 0.25) is 0 Å². The van der Waals surface area contributed by atoms with Crippen LogP contribution in [0.25, 0.3) is 11.1 Å². The molecule has 2 aromatic heterocycles. The number of aromatic nitrogens is 1. The van der Waals surface area contributed by atoms with Crippen LogP contribution in [-0.4, -0.2) is 17.6 Å². The summed E-state index contributed by atoms with van der Waals surface area (Å²) in [4.78, 5) is 37.4. The molecular weight excluding hydrogens is 346 g/mol. The minimum absolute atomic E-state index is 0.130. The maximum absolute atomic E-state index is 13.1. The van der Waals surface area contributed by atoms with Crippen molar-refractivity contribution < 1.29 is 13.9 Å². The number of hydrogen-bond acceptors (Lipinski definition) is 5. The van der Waals surface area contributed by atoms with Crippen LogP contribution >= 0.6 is 0 Å². The number of benzene rings is 1. The molecule has 2 heterocycles. The third kappa shape index (κ3) is 2.97. The lowest BCUT2D eigenvalue weighted by Crippen LogP contribution is -2.29. The zero-order valence-corrected chi connectivity index (χ0v) is 15.0. The molecule has 0 atom stereocenters. The summed E-state index contributed by atoms with van der Waals surface area (Å²) in [6.45, 7) is 0.296. The normalized spacial score (nSPS) is 13.4. The Morgan fingerprint density at radius 1 is 1.11 bits per heavy atom. The van der Waals surface area contributed by atoms with Gasteiger partial charge in [0.15, 0.2) is 0 Å². The number of aryl methyl sites for hydroxylation is 1. The summed E-state index contributed by atoms with van der Waals surface area (Å²) >= 11 is 0. The van der Waals surface area contributed by atoms with Crippen molar-refractivity contribution in [3.63, 3.8) is 0 Å². The first-order chi connectivity index (χ1) is 13.1. The molecule has 0 unspecified atom stereocenters. The Kier molecular flexibility index (Phi) is 4.39. The van der Waals surface area contributed by atoms with Gasteiger partial charge in [-0.05, 0) is 42.9 Å². The van der Waals surface area contributed by atoms with Crippen LogP contribution < -0.4 is 11.2 Å². The summed E-state index contributed by atoms with van der Waals surface area (Å²) in [5.74, 6) is -0.740. The van der Waals surface area contributed by atoms with Gasteiger partial charge in [-0.15, -0.1) is 0 Å². The summed E-state index contributed by atoms with van der Waals surface area (Å²) in [5, 5.41) is 0.639. The maximum Gasteiger partial charge on any atom is 0.352 e. The summed E-state index contributed by atoms with van der Waals surface area (Å²) in [6.07, 6.45) is 3.31. The Bertz CT molecular complexity index is 1140. The average molecular weight is 365 g/mol. The fourth-order valence-electron chi connectivity index (χ4n) is 3.73. The Morgan fingerprint density at radius 2 is 1.81 bits per heavy atom. The SMILES string of the molecule is COC(=O)c1cc2c3c(c(=O)n(Cc4ccccc4)c2oc1=O)CCCC3. The standard InChI is InChI=1S/C21H19NO5/c1-26-20(24)17-11-16-14-9-5-6-10-15(14)18(23)22(19(16)27-21(17)25)12-13-7-3-2-4-8-13/h2-4,7-8,11H,5-6,9-10,12H2,1H3. The van der Waals surface area contributed by atoms with Crippen LogP contribution in [0.3, 0.4) is 0 Å². The number of carbonyl (C=O) groups is 1. The third-order valence-corrected chi connectivity index (χ3v) is 5.06. The molecule has 138 valence electrons. The number of ether oxygens (including phenoxy) is 1. The second-order valence-corrected chi connectivity index (χ2v) is 6.70. The van der Waals surface area contributed by atoms with Crippen molar-refractivity contribution in [1.82, 2.24) is 4.57 Å². The van der Waals surface area contributed by atoms with Gasteiger partial charge in [0, 0.05) is 10.9 Å². The Balaban J connectivity index is 2.03. The Labute approximate surface area is 155 Å². The largest absolute Gasteiger partial charge is 0.465 e. The summed E-state index contributed by atoms with van der Waals surface area (Å²) in [5.41, 5.74) is 1.68. The smallest absolute Gasteiger partial charge is 0.352 e.